The Morgan fingerprint density at radius 1 is 1.15 bits per heavy atom. The smallest absolute Gasteiger partial charge is 0.0713 e. The van der Waals surface area contributed by atoms with Gasteiger partial charge < -0.3 is 0 Å². The molecule has 0 fully saturated rings. The van der Waals surface area contributed by atoms with E-state index in [0.717, 1.165) is 10.9 Å². The van der Waals surface area contributed by atoms with E-state index in [9.17, 15) is 0 Å². The molecule has 0 heterocycles. The lowest BCUT2D eigenvalue weighted by atomic mass is 9.94. The van der Waals surface area contributed by atoms with Crippen LogP contribution in [0.5, 0.6) is 0 Å². The Bertz CT molecular complexity index is 564. The maximum absolute atomic E-state index is 5.79. The van der Waals surface area contributed by atoms with Crippen molar-refractivity contribution >= 4 is 15.9 Å². The molecule has 0 saturated carbocycles. The summed E-state index contributed by atoms with van der Waals surface area (Å²) in [6.45, 7) is 4.30. The summed E-state index contributed by atoms with van der Waals surface area (Å²) in [5.74, 6) is 5.79. The van der Waals surface area contributed by atoms with Gasteiger partial charge in [-0.15, -0.1) is 0 Å². The number of hydrogen-bond acceptors (Lipinski definition) is 2. The quantitative estimate of drug-likeness (QED) is 0.634. The van der Waals surface area contributed by atoms with Crippen molar-refractivity contribution in [2.24, 2.45) is 5.84 Å². The van der Waals surface area contributed by atoms with Crippen LogP contribution in [0.15, 0.2) is 46.9 Å². The van der Waals surface area contributed by atoms with E-state index >= 15 is 0 Å². The molecule has 2 aromatic carbocycles. The number of nitrogens with one attached hydrogen (secondary N) is 1. The summed E-state index contributed by atoms with van der Waals surface area (Å²) in [4.78, 5) is 0. The summed E-state index contributed by atoms with van der Waals surface area (Å²) < 4.78 is 1.11. The van der Waals surface area contributed by atoms with E-state index in [1.807, 2.05) is 6.07 Å². The largest absolute Gasteiger partial charge is 0.271 e. The number of hydrazine groups is 1. The molecular weight excluding hydrogens is 312 g/mol. The van der Waals surface area contributed by atoms with Crippen LogP contribution in [0.25, 0.3) is 0 Å². The number of aryl methyl sites for hydroxylation is 1. The molecule has 1 unspecified atom stereocenters. The monoisotopic (exact) mass is 332 g/mol. The molecule has 0 aliphatic heterocycles. The first-order chi connectivity index (χ1) is 9.67. The molecule has 1 atom stereocenters. The van der Waals surface area contributed by atoms with Gasteiger partial charge in [-0.25, -0.2) is 5.43 Å². The van der Waals surface area contributed by atoms with Crippen LogP contribution in [0.3, 0.4) is 0 Å². The van der Waals surface area contributed by atoms with Crippen LogP contribution in [-0.4, -0.2) is 0 Å². The van der Waals surface area contributed by atoms with E-state index in [-0.39, 0.29) is 6.04 Å². The van der Waals surface area contributed by atoms with Crippen LogP contribution in [0.2, 0.25) is 0 Å². The number of benzene rings is 2. The van der Waals surface area contributed by atoms with Gasteiger partial charge in [-0.2, -0.15) is 0 Å². The van der Waals surface area contributed by atoms with Gasteiger partial charge in [0.2, 0.25) is 0 Å². The van der Waals surface area contributed by atoms with E-state index in [0.29, 0.717) is 0 Å². The molecule has 3 heteroatoms. The fraction of sp³-hybridized carbons (Fsp3) is 0.294. The Morgan fingerprint density at radius 2 is 1.85 bits per heavy atom. The van der Waals surface area contributed by atoms with Crippen LogP contribution in [0.1, 0.15) is 41.6 Å². The van der Waals surface area contributed by atoms with Gasteiger partial charge in [0, 0.05) is 4.47 Å². The molecule has 0 radical (unpaired) electrons. The highest BCUT2D eigenvalue weighted by Crippen LogP contribution is 2.28. The molecule has 20 heavy (non-hydrogen) atoms. The van der Waals surface area contributed by atoms with Crippen LogP contribution in [-0.2, 0) is 6.42 Å². The molecule has 0 aromatic heterocycles. The average molecular weight is 333 g/mol. The number of rotatable bonds is 5. The third-order valence-electron chi connectivity index (χ3n) is 3.64. The van der Waals surface area contributed by atoms with Gasteiger partial charge in [0.1, 0.15) is 0 Å². The number of halogens is 1. The van der Waals surface area contributed by atoms with Crippen molar-refractivity contribution in [1.82, 2.24) is 5.43 Å². The Morgan fingerprint density at radius 3 is 2.45 bits per heavy atom. The Hall–Kier alpha value is -1.16. The molecule has 0 saturated heterocycles. The summed E-state index contributed by atoms with van der Waals surface area (Å²) in [5, 5.41) is 0. The van der Waals surface area contributed by atoms with Gasteiger partial charge >= 0.3 is 0 Å². The second-order valence-electron chi connectivity index (χ2n) is 5.05. The predicted molar refractivity (Wildman–Crippen MR) is 88.5 cm³/mol. The van der Waals surface area contributed by atoms with Crippen molar-refractivity contribution < 1.29 is 0 Å². The predicted octanol–water partition coefficient (Wildman–Crippen LogP) is 4.26. The fourth-order valence-corrected chi connectivity index (χ4v) is 2.85. The van der Waals surface area contributed by atoms with Crippen molar-refractivity contribution in [3.05, 3.63) is 69.2 Å². The molecule has 106 valence electrons. The van der Waals surface area contributed by atoms with E-state index in [2.05, 4.69) is 71.6 Å². The summed E-state index contributed by atoms with van der Waals surface area (Å²) in [6.07, 6.45) is 2.29. The molecule has 2 nitrogen and oxygen atoms in total. The third kappa shape index (κ3) is 3.29. The maximum Gasteiger partial charge on any atom is 0.0713 e. The topological polar surface area (TPSA) is 38.0 Å². The van der Waals surface area contributed by atoms with E-state index < -0.39 is 0 Å². The molecule has 2 aromatic rings. The van der Waals surface area contributed by atoms with Crippen LogP contribution < -0.4 is 11.3 Å². The Balaban J connectivity index is 2.34. The zero-order chi connectivity index (χ0) is 14.5. The van der Waals surface area contributed by atoms with Crippen molar-refractivity contribution in [1.29, 1.82) is 0 Å². The lowest BCUT2D eigenvalue weighted by molar-refractivity contribution is 0.633. The lowest BCUT2D eigenvalue weighted by Gasteiger charge is -2.20. The normalized spacial score (nSPS) is 12.4. The van der Waals surface area contributed by atoms with Gasteiger partial charge in [0.25, 0.3) is 0 Å². The van der Waals surface area contributed by atoms with Crippen molar-refractivity contribution in [2.75, 3.05) is 0 Å². The highest BCUT2D eigenvalue weighted by atomic mass is 79.9. The van der Waals surface area contributed by atoms with Crippen molar-refractivity contribution in [2.45, 2.75) is 32.7 Å². The molecule has 0 aliphatic rings. The molecule has 0 spiro atoms. The van der Waals surface area contributed by atoms with E-state index in [1.54, 1.807) is 0 Å². The fourth-order valence-electron chi connectivity index (χ4n) is 2.47. The minimum atomic E-state index is 0.0168. The zero-order valence-electron chi connectivity index (χ0n) is 12.0. The minimum Gasteiger partial charge on any atom is -0.271 e. The van der Waals surface area contributed by atoms with Crippen molar-refractivity contribution in [3.63, 3.8) is 0 Å². The van der Waals surface area contributed by atoms with E-state index in [4.69, 9.17) is 5.84 Å². The molecule has 0 amide bonds. The maximum atomic E-state index is 5.79. The molecule has 0 aliphatic carbocycles. The standard InChI is InChI=1S/C17H21BrN2/c1-3-5-13-8-10-14(11-9-13)17(20-19)15-6-4-7-16(18)12(15)2/h4,6-11,17,20H,3,5,19H2,1-2H3. The molecular formula is C17H21BrN2. The van der Waals surface area contributed by atoms with Gasteiger partial charge in [0.05, 0.1) is 6.04 Å². The molecule has 0 bridgehead atoms. The zero-order valence-corrected chi connectivity index (χ0v) is 13.6. The second-order valence-corrected chi connectivity index (χ2v) is 5.90. The first kappa shape index (κ1) is 15.2. The highest BCUT2D eigenvalue weighted by Gasteiger charge is 2.15. The third-order valence-corrected chi connectivity index (χ3v) is 4.50. The van der Waals surface area contributed by atoms with Crippen LogP contribution in [0, 0.1) is 6.92 Å². The van der Waals surface area contributed by atoms with Crippen molar-refractivity contribution in [3.8, 4) is 0 Å². The van der Waals surface area contributed by atoms with Gasteiger partial charge in [-0.1, -0.05) is 65.7 Å². The summed E-state index contributed by atoms with van der Waals surface area (Å²) in [5.41, 5.74) is 7.91. The molecule has 2 rings (SSSR count). The average Bonchev–Trinajstić information content (AvgIpc) is 2.46. The second kappa shape index (κ2) is 7.02. The summed E-state index contributed by atoms with van der Waals surface area (Å²) in [6, 6.07) is 14.9. The molecule has 3 N–H and O–H groups in total. The first-order valence-electron chi connectivity index (χ1n) is 6.97. The minimum absolute atomic E-state index is 0.0168. The van der Waals surface area contributed by atoms with Crippen LogP contribution in [0.4, 0.5) is 0 Å². The summed E-state index contributed by atoms with van der Waals surface area (Å²) >= 11 is 3.58. The Labute approximate surface area is 129 Å². The first-order valence-corrected chi connectivity index (χ1v) is 7.76. The highest BCUT2D eigenvalue weighted by molar-refractivity contribution is 9.10. The lowest BCUT2D eigenvalue weighted by Crippen LogP contribution is -2.29. The SMILES string of the molecule is CCCc1ccc(C(NN)c2cccc(Br)c2C)cc1. The van der Waals surface area contributed by atoms with Gasteiger partial charge in [-0.3, -0.25) is 5.84 Å². The van der Waals surface area contributed by atoms with Gasteiger partial charge in [0.15, 0.2) is 0 Å². The van der Waals surface area contributed by atoms with E-state index in [1.165, 1.54) is 28.7 Å². The number of nitrogens with two attached hydrogens (primary N) is 1. The summed E-state index contributed by atoms with van der Waals surface area (Å²) in [7, 11) is 0. The Kier molecular flexibility index (Phi) is 5.35. The number of hydrogen-bond donors (Lipinski definition) is 2. The van der Waals surface area contributed by atoms with Gasteiger partial charge in [-0.05, 0) is 41.7 Å². The van der Waals surface area contributed by atoms with Crippen LogP contribution >= 0.6 is 15.9 Å².